The Hall–Kier alpha value is -1.40. The van der Waals surface area contributed by atoms with Gasteiger partial charge < -0.3 is 5.32 Å². The molecule has 0 amide bonds. The summed E-state index contributed by atoms with van der Waals surface area (Å²) in [4.78, 5) is 0. The summed E-state index contributed by atoms with van der Waals surface area (Å²) in [5, 5.41) is 10.6. The van der Waals surface area contributed by atoms with Crippen LogP contribution >= 0.6 is 0 Å². The van der Waals surface area contributed by atoms with Crippen LogP contribution in [-0.4, -0.2) is 16.7 Å². The van der Waals surface area contributed by atoms with E-state index in [0.717, 1.165) is 12.1 Å². The van der Waals surface area contributed by atoms with Gasteiger partial charge in [-0.15, -0.1) is 6.42 Å². The van der Waals surface area contributed by atoms with E-state index in [-0.39, 0.29) is 6.04 Å². The van der Waals surface area contributed by atoms with Crippen LogP contribution in [0.5, 0.6) is 0 Å². The molecule has 1 rings (SSSR count). The number of hydrogen-bond acceptors (Lipinski definition) is 3. The molecule has 12 heavy (non-hydrogen) atoms. The van der Waals surface area contributed by atoms with Crippen molar-refractivity contribution in [3.8, 4) is 12.3 Å². The molecule has 0 aromatic carbocycles. The minimum Gasteiger partial charge on any atom is -0.300 e. The van der Waals surface area contributed by atoms with Gasteiger partial charge in [-0.2, -0.15) is 10.2 Å². The van der Waals surface area contributed by atoms with Gasteiger partial charge in [0, 0.05) is 11.8 Å². The van der Waals surface area contributed by atoms with E-state index in [1.54, 1.807) is 12.4 Å². The molecule has 1 atom stereocenters. The van der Waals surface area contributed by atoms with Crippen LogP contribution in [0.3, 0.4) is 0 Å². The fraction of sp³-hybridized carbons (Fsp3) is 0.333. The lowest BCUT2D eigenvalue weighted by molar-refractivity contribution is 0.660. The van der Waals surface area contributed by atoms with Crippen LogP contribution in [-0.2, 0) is 0 Å². The average molecular weight is 161 g/mol. The summed E-state index contributed by atoms with van der Waals surface area (Å²) in [6.07, 6.45) is 8.64. The van der Waals surface area contributed by atoms with Gasteiger partial charge in [-0.3, -0.25) is 0 Å². The highest BCUT2D eigenvalue weighted by Gasteiger charge is 2.04. The average Bonchev–Trinajstić information content (AvgIpc) is 2.15. The fourth-order valence-electron chi connectivity index (χ4n) is 0.949. The van der Waals surface area contributed by atoms with Crippen molar-refractivity contribution in [1.29, 1.82) is 0 Å². The van der Waals surface area contributed by atoms with Crippen molar-refractivity contribution in [2.75, 3.05) is 6.54 Å². The summed E-state index contributed by atoms with van der Waals surface area (Å²) >= 11 is 0. The van der Waals surface area contributed by atoms with Crippen LogP contribution in [0.2, 0.25) is 0 Å². The maximum absolute atomic E-state index is 5.33. The van der Waals surface area contributed by atoms with Gasteiger partial charge in [-0.05, 0) is 12.6 Å². The maximum Gasteiger partial charge on any atom is 0.0959 e. The number of rotatable bonds is 3. The van der Waals surface area contributed by atoms with Crippen LogP contribution in [0.4, 0.5) is 0 Å². The summed E-state index contributed by atoms with van der Waals surface area (Å²) < 4.78 is 0. The van der Waals surface area contributed by atoms with Gasteiger partial charge in [-0.25, -0.2) is 0 Å². The third kappa shape index (κ3) is 2.04. The summed E-state index contributed by atoms with van der Waals surface area (Å²) in [5.41, 5.74) is 0.981. The van der Waals surface area contributed by atoms with Crippen molar-refractivity contribution >= 4 is 0 Å². The van der Waals surface area contributed by atoms with Gasteiger partial charge in [0.2, 0.25) is 0 Å². The van der Waals surface area contributed by atoms with Crippen molar-refractivity contribution in [1.82, 2.24) is 15.5 Å². The molecule has 0 radical (unpaired) electrons. The molecule has 0 saturated carbocycles. The van der Waals surface area contributed by atoms with Gasteiger partial charge >= 0.3 is 0 Å². The molecule has 0 saturated heterocycles. The smallest absolute Gasteiger partial charge is 0.0959 e. The second kappa shape index (κ2) is 4.47. The number of hydrogen-bond donors (Lipinski definition) is 1. The van der Waals surface area contributed by atoms with Crippen LogP contribution in [0, 0.1) is 12.3 Å². The van der Waals surface area contributed by atoms with E-state index < -0.39 is 0 Å². The molecular formula is C9H11N3. The molecule has 3 nitrogen and oxygen atoms in total. The maximum atomic E-state index is 5.33. The Labute approximate surface area is 72.2 Å². The van der Waals surface area contributed by atoms with E-state index in [9.17, 15) is 0 Å². The number of nitrogens with zero attached hydrogens (tertiary/aromatic N) is 2. The lowest BCUT2D eigenvalue weighted by atomic mass is 10.1. The first-order valence-corrected chi connectivity index (χ1v) is 3.84. The summed E-state index contributed by atoms with van der Waals surface area (Å²) in [5.74, 6) is 2.64. The molecule has 1 N–H and O–H groups in total. The Morgan fingerprint density at radius 2 is 2.50 bits per heavy atom. The van der Waals surface area contributed by atoms with Crippen LogP contribution < -0.4 is 5.32 Å². The Morgan fingerprint density at radius 1 is 1.67 bits per heavy atom. The Kier molecular flexibility index (Phi) is 3.24. The minimum absolute atomic E-state index is 0.0505. The van der Waals surface area contributed by atoms with Crippen LogP contribution in [0.25, 0.3) is 0 Å². The molecule has 0 spiro atoms. The molecule has 0 aliphatic carbocycles. The molecule has 0 fully saturated rings. The summed E-state index contributed by atoms with van der Waals surface area (Å²) in [7, 11) is 0. The van der Waals surface area contributed by atoms with E-state index in [2.05, 4.69) is 21.4 Å². The molecule has 62 valence electrons. The predicted octanol–water partition coefficient (Wildman–Crippen LogP) is 0.760. The number of nitrogens with one attached hydrogen (secondary N) is 1. The van der Waals surface area contributed by atoms with E-state index >= 15 is 0 Å². The molecule has 1 aromatic heterocycles. The first-order valence-electron chi connectivity index (χ1n) is 3.84. The van der Waals surface area contributed by atoms with Crippen molar-refractivity contribution in [2.24, 2.45) is 0 Å². The van der Waals surface area contributed by atoms with Crippen LogP contribution in [0.15, 0.2) is 18.5 Å². The predicted molar refractivity (Wildman–Crippen MR) is 47.3 cm³/mol. The van der Waals surface area contributed by atoms with Crippen molar-refractivity contribution in [3.05, 3.63) is 24.0 Å². The van der Waals surface area contributed by atoms with E-state index in [4.69, 9.17) is 6.42 Å². The molecule has 1 heterocycles. The second-order valence-corrected chi connectivity index (χ2v) is 2.33. The SMILES string of the molecule is C#CC(NCC)c1ccnnc1. The highest BCUT2D eigenvalue weighted by Crippen LogP contribution is 2.07. The van der Waals surface area contributed by atoms with Gasteiger partial charge in [0.1, 0.15) is 0 Å². The Bertz CT molecular complexity index is 263. The lowest BCUT2D eigenvalue weighted by Crippen LogP contribution is -2.19. The lowest BCUT2D eigenvalue weighted by Gasteiger charge is -2.09. The quantitative estimate of drug-likeness (QED) is 0.665. The van der Waals surface area contributed by atoms with Crippen LogP contribution in [0.1, 0.15) is 18.5 Å². The summed E-state index contributed by atoms with van der Waals surface area (Å²) in [6.45, 7) is 2.86. The normalized spacial score (nSPS) is 12.0. The van der Waals surface area contributed by atoms with E-state index in [1.807, 2.05) is 13.0 Å². The zero-order valence-electron chi connectivity index (χ0n) is 6.99. The third-order valence-corrected chi connectivity index (χ3v) is 1.52. The minimum atomic E-state index is -0.0505. The third-order valence-electron chi connectivity index (χ3n) is 1.52. The van der Waals surface area contributed by atoms with Crippen molar-refractivity contribution in [3.63, 3.8) is 0 Å². The first-order chi connectivity index (χ1) is 5.88. The molecule has 0 aliphatic heterocycles. The second-order valence-electron chi connectivity index (χ2n) is 2.33. The molecular weight excluding hydrogens is 150 g/mol. The molecule has 0 aliphatic rings. The van der Waals surface area contributed by atoms with Gasteiger partial charge in [-0.1, -0.05) is 12.8 Å². The zero-order chi connectivity index (χ0) is 8.81. The van der Waals surface area contributed by atoms with Gasteiger partial charge in [0.15, 0.2) is 0 Å². The zero-order valence-corrected chi connectivity index (χ0v) is 6.99. The summed E-state index contributed by atoms with van der Waals surface area (Å²) in [6, 6.07) is 1.81. The molecule has 0 bridgehead atoms. The van der Waals surface area contributed by atoms with E-state index in [1.165, 1.54) is 0 Å². The van der Waals surface area contributed by atoms with Gasteiger partial charge in [0.25, 0.3) is 0 Å². The number of terminal acetylenes is 1. The molecule has 3 heteroatoms. The van der Waals surface area contributed by atoms with Crippen molar-refractivity contribution < 1.29 is 0 Å². The Balaban J connectivity index is 2.75. The van der Waals surface area contributed by atoms with Gasteiger partial charge in [0.05, 0.1) is 12.2 Å². The fourth-order valence-corrected chi connectivity index (χ4v) is 0.949. The monoisotopic (exact) mass is 161 g/mol. The Morgan fingerprint density at radius 3 is 3.00 bits per heavy atom. The highest BCUT2D eigenvalue weighted by atomic mass is 15.1. The first kappa shape index (κ1) is 8.69. The molecule has 1 aromatic rings. The standard InChI is InChI=1S/C9H11N3/c1-3-9(10-4-2)8-5-6-11-12-7-8/h1,5-7,9-10H,4H2,2H3. The molecule has 1 unspecified atom stereocenters. The van der Waals surface area contributed by atoms with E-state index in [0.29, 0.717) is 0 Å². The van der Waals surface area contributed by atoms with Crippen molar-refractivity contribution in [2.45, 2.75) is 13.0 Å². The number of aromatic nitrogens is 2. The highest BCUT2D eigenvalue weighted by molar-refractivity contribution is 5.20. The largest absolute Gasteiger partial charge is 0.300 e. The topological polar surface area (TPSA) is 37.8 Å².